The number of hydrogen-bond donors (Lipinski definition) is 5. The van der Waals surface area contributed by atoms with Gasteiger partial charge in [-0.05, 0) is 49.3 Å². The van der Waals surface area contributed by atoms with E-state index in [9.17, 15) is 24.0 Å². The first kappa shape index (κ1) is 21.8. The number of carbonyl (C=O) groups is 2. The van der Waals surface area contributed by atoms with E-state index < -0.39 is 28.5 Å². The van der Waals surface area contributed by atoms with Gasteiger partial charge < -0.3 is 15.5 Å². The Balaban J connectivity index is 1.56. The number of thiol groups is 1. The van der Waals surface area contributed by atoms with Crippen LogP contribution in [0.25, 0.3) is 0 Å². The van der Waals surface area contributed by atoms with Crippen molar-refractivity contribution in [3.63, 3.8) is 0 Å². The number of nitrogens with one attached hydrogen (secondary N) is 1. The number of aryl methyl sites for hydroxylation is 2. The number of benzene rings is 1. The van der Waals surface area contributed by atoms with Gasteiger partial charge in [-0.1, -0.05) is 15.7 Å². The SMILES string of the molecule is C[C@@](O)(CO)c1ncc([SH](N)(=O)/N=N\C(=O)Nc2c3c(cc4c2C(=O)CC4)CCC3)s1. The van der Waals surface area contributed by atoms with Gasteiger partial charge in [0.2, 0.25) is 0 Å². The number of amides is 2. The summed E-state index contributed by atoms with van der Waals surface area (Å²) in [5.41, 5.74) is 2.37. The summed E-state index contributed by atoms with van der Waals surface area (Å²) in [6.07, 6.45) is 4.83. The molecule has 5 N–H and O–H groups in total. The van der Waals surface area contributed by atoms with E-state index in [4.69, 9.17) is 5.14 Å². The van der Waals surface area contributed by atoms with Crippen LogP contribution in [0.5, 0.6) is 0 Å². The average Bonchev–Trinajstić information content (AvgIpc) is 3.46. The van der Waals surface area contributed by atoms with E-state index in [0.29, 0.717) is 24.1 Å². The standard InChI is InChI=1S/C19H23N5O5S2/c1-19(28,9-25)17-21-8-14(30-17)31(20,29)24-23-18(27)22-16-12-4-2-3-10(12)7-11-5-6-13(26)15(11)16/h7-8,25,28,31H,2-6,9H2,1H3,(H2,20,29)(H,22,27)/b24-23-/t19-/m1/s1. The number of aliphatic hydroxyl groups excluding tert-OH is 1. The van der Waals surface area contributed by atoms with Crippen LogP contribution in [0.15, 0.2) is 26.1 Å². The van der Waals surface area contributed by atoms with E-state index >= 15 is 0 Å². The molecule has 1 atom stereocenters. The van der Waals surface area contributed by atoms with Crippen LogP contribution >= 0.6 is 11.3 Å². The minimum Gasteiger partial charge on any atom is -0.393 e. The lowest BCUT2D eigenvalue weighted by atomic mass is 9.98. The van der Waals surface area contributed by atoms with Crippen LogP contribution in [0.1, 0.15) is 51.8 Å². The fourth-order valence-electron chi connectivity index (χ4n) is 3.85. The topological polar surface area (TPSA) is 167 Å². The van der Waals surface area contributed by atoms with Crippen LogP contribution in [0.4, 0.5) is 10.5 Å². The molecule has 0 spiro atoms. The van der Waals surface area contributed by atoms with Gasteiger partial charge in [0, 0.05) is 12.0 Å². The van der Waals surface area contributed by atoms with Gasteiger partial charge in [0.15, 0.2) is 5.78 Å². The molecule has 31 heavy (non-hydrogen) atoms. The fraction of sp³-hybridized carbons (Fsp3) is 0.421. The summed E-state index contributed by atoms with van der Waals surface area (Å²) >= 11 is 0.821. The predicted octanol–water partition coefficient (Wildman–Crippen LogP) is 1.81. The number of nitrogens with two attached hydrogens (primary N) is 1. The summed E-state index contributed by atoms with van der Waals surface area (Å²) < 4.78 is 16.3. The lowest BCUT2D eigenvalue weighted by Crippen LogP contribution is -2.25. The number of Topliss-reactive ketones (excluding diaryl/α,β-unsaturated/α-hetero) is 1. The van der Waals surface area contributed by atoms with Gasteiger partial charge in [-0.3, -0.25) is 9.93 Å². The fourth-order valence-corrected chi connectivity index (χ4v) is 5.96. The molecule has 10 nitrogen and oxygen atoms in total. The van der Waals surface area contributed by atoms with Crippen LogP contribution in [0.3, 0.4) is 0 Å². The van der Waals surface area contributed by atoms with Crippen molar-refractivity contribution in [2.75, 3.05) is 11.9 Å². The number of carbonyl (C=O) groups excluding carboxylic acids is 2. The number of ketones is 1. The zero-order valence-electron chi connectivity index (χ0n) is 16.8. The van der Waals surface area contributed by atoms with Crippen LogP contribution in [-0.4, -0.2) is 37.8 Å². The van der Waals surface area contributed by atoms with Crippen molar-refractivity contribution in [3.8, 4) is 0 Å². The number of fused-ring (bicyclic) bond motifs is 2. The molecule has 0 unspecified atom stereocenters. The van der Waals surface area contributed by atoms with E-state index in [0.717, 1.165) is 47.3 Å². The van der Waals surface area contributed by atoms with Crippen LogP contribution in [0, 0.1) is 0 Å². The molecular weight excluding hydrogens is 442 g/mol. The van der Waals surface area contributed by atoms with Crippen molar-refractivity contribution in [2.24, 2.45) is 14.8 Å². The molecule has 1 heterocycles. The second kappa shape index (κ2) is 7.95. The average molecular weight is 466 g/mol. The van der Waals surface area contributed by atoms with E-state index in [1.165, 1.54) is 13.1 Å². The van der Waals surface area contributed by atoms with Gasteiger partial charge in [-0.15, -0.1) is 11.3 Å². The number of anilines is 1. The highest BCUT2D eigenvalue weighted by Gasteiger charge is 2.30. The van der Waals surface area contributed by atoms with Crippen molar-refractivity contribution >= 4 is 39.1 Å². The van der Waals surface area contributed by atoms with E-state index in [-0.39, 0.29) is 15.0 Å². The summed E-state index contributed by atoms with van der Waals surface area (Å²) in [5, 5.41) is 31.3. The highest BCUT2D eigenvalue weighted by atomic mass is 32.3. The normalized spacial score (nSPS) is 18.1. The summed E-state index contributed by atoms with van der Waals surface area (Å²) in [6, 6.07) is 1.18. The maximum Gasteiger partial charge on any atom is 0.364 e. The Morgan fingerprint density at radius 3 is 2.87 bits per heavy atom. The Morgan fingerprint density at radius 2 is 2.13 bits per heavy atom. The maximum atomic E-state index is 12.7. The largest absolute Gasteiger partial charge is 0.393 e. The highest BCUT2D eigenvalue weighted by molar-refractivity contribution is 8.01. The molecule has 2 aliphatic carbocycles. The smallest absolute Gasteiger partial charge is 0.364 e. The van der Waals surface area contributed by atoms with Crippen molar-refractivity contribution in [1.29, 1.82) is 0 Å². The van der Waals surface area contributed by atoms with Gasteiger partial charge in [0.05, 0.1) is 28.8 Å². The Kier molecular flexibility index (Phi) is 5.60. The first-order chi connectivity index (χ1) is 14.6. The zero-order valence-corrected chi connectivity index (χ0v) is 18.5. The number of urea groups is 1. The van der Waals surface area contributed by atoms with Crippen molar-refractivity contribution in [2.45, 2.75) is 48.8 Å². The molecule has 1 aromatic carbocycles. The number of hydrogen-bond acceptors (Lipinski definition) is 7. The molecule has 2 aromatic rings. The predicted molar refractivity (Wildman–Crippen MR) is 116 cm³/mol. The molecule has 0 fully saturated rings. The van der Waals surface area contributed by atoms with E-state index in [2.05, 4.69) is 26.0 Å². The lowest BCUT2D eigenvalue weighted by Gasteiger charge is -2.16. The first-order valence-electron chi connectivity index (χ1n) is 9.76. The number of rotatable bonds is 5. The summed E-state index contributed by atoms with van der Waals surface area (Å²) in [5.74, 6) is -0.0189. The Morgan fingerprint density at radius 1 is 1.35 bits per heavy atom. The van der Waals surface area contributed by atoms with Crippen LogP contribution in [0.2, 0.25) is 0 Å². The molecule has 0 saturated heterocycles. The molecule has 0 bridgehead atoms. The van der Waals surface area contributed by atoms with Gasteiger partial charge in [0.1, 0.15) is 14.8 Å². The Labute approximate surface area is 183 Å². The molecule has 0 aliphatic heterocycles. The minimum absolute atomic E-state index is 0.0189. The third-order valence-electron chi connectivity index (χ3n) is 5.46. The minimum atomic E-state index is -3.91. The van der Waals surface area contributed by atoms with Gasteiger partial charge in [0.25, 0.3) is 0 Å². The van der Waals surface area contributed by atoms with E-state index in [1.807, 2.05) is 0 Å². The molecule has 1 aromatic heterocycles. The zero-order chi connectivity index (χ0) is 22.4. The molecule has 2 amide bonds. The molecular formula is C19H23N5O5S2. The van der Waals surface area contributed by atoms with Crippen LogP contribution < -0.4 is 10.5 Å². The first-order valence-corrected chi connectivity index (χ1v) is 12.3. The van der Waals surface area contributed by atoms with Gasteiger partial charge >= 0.3 is 6.03 Å². The van der Waals surface area contributed by atoms with Crippen molar-refractivity contribution in [1.82, 2.24) is 4.98 Å². The molecule has 2 aliphatic rings. The quantitative estimate of drug-likeness (QED) is 0.333. The summed E-state index contributed by atoms with van der Waals surface area (Å²) in [6.45, 7) is 0.771. The van der Waals surface area contributed by atoms with Gasteiger partial charge in [-0.2, -0.15) is 0 Å². The number of aliphatic hydroxyl groups is 2. The Hall–Kier alpha value is -2.38. The second-order valence-corrected chi connectivity index (χ2v) is 11.1. The molecule has 166 valence electrons. The molecule has 0 radical (unpaired) electrons. The summed E-state index contributed by atoms with van der Waals surface area (Å²) in [7, 11) is -3.91. The second-order valence-electron chi connectivity index (χ2n) is 7.88. The number of thiazole rings is 1. The number of aromatic nitrogens is 1. The molecule has 0 saturated carbocycles. The van der Waals surface area contributed by atoms with Crippen LogP contribution in [-0.2, 0) is 35.2 Å². The Bertz CT molecular complexity index is 1160. The lowest BCUT2D eigenvalue weighted by molar-refractivity contribution is -0.00244. The summed E-state index contributed by atoms with van der Waals surface area (Å²) in [4.78, 5) is 28.8. The monoisotopic (exact) mass is 465 g/mol. The third-order valence-corrected chi connectivity index (χ3v) is 8.67. The highest BCUT2D eigenvalue weighted by Crippen LogP contribution is 2.38. The third kappa shape index (κ3) is 4.08. The maximum absolute atomic E-state index is 12.7. The van der Waals surface area contributed by atoms with Crippen molar-refractivity contribution in [3.05, 3.63) is 39.5 Å². The van der Waals surface area contributed by atoms with E-state index in [1.54, 1.807) is 0 Å². The molecule has 4 rings (SSSR count). The van der Waals surface area contributed by atoms with Gasteiger partial charge in [-0.25, -0.2) is 14.0 Å². The molecule has 12 heteroatoms. The number of nitrogens with zero attached hydrogens (tertiary/aromatic N) is 3. The van der Waals surface area contributed by atoms with Crippen molar-refractivity contribution < 1.29 is 24.0 Å².